The zero-order valence-corrected chi connectivity index (χ0v) is 17.1. The van der Waals surface area contributed by atoms with Gasteiger partial charge in [-0.1, -0.05) is 0 Å². The van der Waals surface area contributed by atoms with Crippen LogP contribution in [-0.2, 0) is 14.3 Å². The molecule has 1 aliphatic heterocycles. The highest BCUT2D eigenvalue weighted by atomic mass is 16.6. The molecule has 0 saturated heterocycles. The molecule has 0 aliphatic carbocycles. The van der Waals surface area contributed by atoms with Crippen molar-refractivity contribution in [2.24, 2.45) is 0 Å². The molecule has 32 heavy (non-hydrogen) atoms. The van der Waals surface area contributed by atoms with Gasteiger partial charge in [-0.05, 0) is 49.8 Å². The number of nitro groups is 1. The number of carbonyl (C=O) groups excluding carboxylic acids is 2. The molecule has 2 N–H and O–H groups in total. The highest BCUT2D eigenvalue weighted by Crippen LogP contribution is 2.37. The van der Waals surface area contributed by atoms with Crippen LogP contribution < -0.4 is 4.90 Å². The monoisotopic (exact) mass is 438 g/mol. The number of nitro benzene ring substituents is 1. The number of rotatable bonds is 6. The van der Waals surface area contributed by atoms with Crippen molar-refractivity contribution in [3.05, 3.63) is 80.5 Å². The Balaban J connectivity index is 2.11. The smallest absolute Gasteiger partial charge is 0.340 e. The van der Waals surface area contributed by atoms with Crippen LogP contribution in [0.3, 0.4) is 0 Å². The van der Waals surface area contributed by atoms with Crippen LogP contribution in [0.15, 0.2) is 59.3 Å². The maximum atomic E-state index is 13.2. The van der Waals surface area contributed by atoms with Gasteiger partial charge in [0.15, 0.2) is 0 Å². The number of nitrogens with zero attached hydrogens (tertiary/aromatic N) is 2. The molecule has 0 bridgehead atoms. The van der Waals surface area contributed by atoms with E-state index in [0.717, 1.165) is 17.0 Å². The average Bonchev–Trinajstić information content (AvgIpc) is 2.97. The molecule has 10 nitrogen and oxygen atoms in total. The fourth-order valence-corrected chi connectivity index (χ4v) is 3.29. The number of aromatic hydroxyl groups is 1. The lowest BCUT2D eigenvalue weighted by molar-refractivity contribution is -0.384. The fraction of sp³-hybridized carbons (Fsp3) is 0.136. The molecule has 2 aromatic carbocycles. The van der Waals surface area contributed by atoms with Crippen molar-refractivity contribution in [3.63, 3.8) is 0 Å². The second kappa shape index (κ2) is 8.72. The molecule has 0 fully saturated rings. The Morgan fingerprint density at radius 3 is 2.38 bits per heavy atom. The summed E-state index contributed by atoms with van der Waals surface area (Å²) in [6.07, 6.45) is 1.41. The average molecular weight is 438 g/mol. The number of esters is 1. The summed E-state index contributed by atoms with van der Waals surface area (Å²) in [4.78, 5) is 48.5. The SMILES string of the molecule is CCOC(=O)C1=C(C)N(c2ccc(C(=O)O)c(O)c2)C(=O)/C1=C\c1ccc([N+](=O)[O-])cc1. The summed E-state index contributed by atoms with van der Waals surface area (Å²) >= 11 is 0. The predicted molar refractivity (Wildman–Crippen MR) is 113 cm³/mol. The minimum atomic E-state index is -1.33. The predicted octanol–water partition coefficient (Wildman–Crippen LogP) is 3.27. The Kier molecular flexibility index (Phi) is 6.06. The molecule has 0 atom stereocenters. The zero-order chi connectivity index (χ0) is 23.6. The number of non-ortho nitro benzene ring substituents is 1. The second-order valence-corrected chi connectivity index (χ2v) is 6.73. The first-order chi connectivity index (χ1) is 15.1. The third-order valence-electron chi connectivity index (χ3n) is 4.76. The van der Waals surface area contributed by atoms with Gasteiger partial charge >= 0.3 is 11.9 Å². The van der Waals surface area contributed by atoms with E-state index in [1.54, 1.807) is 6.92 Å². The van der Waals surface area contributed by atoms with Crippen LogP contribution in [0.5, 0.6) is 5.75 Å². The molecule has 1 amide bonds. The van der Waals surface area contributed by atoms with Crippen molar-refractivity contribution >= 4 is 35.3 Å². The van der Waals surface area contributed by atoms with E-state index in [4.69, 9.17) is 9.84 Å². The van der Waals surface area contributed by atoms with E-state index in [1.165, 1.54) is 43.3 Å². The highest BCUT2D eigenvalue weighted by molar-refractivity contribution is 6.24. The number of carbonyl (C=O) groups is 3. The molecule has 1 aliphatic rings. The van der Waals surface area contributed by atoms with Gasteiger partial charge in [0, 0.05) is 23.9 Å². The summed E-state index contributed by atoms with van der Waals surface area (Å²) in [6, 6.07) is 9.01. The van der Waals surface area contributed by atoms with Crippen LogP contribution in [0.4, 0.5) is 11.4 Å². The van der Waals surface area contributed by atoms with Gasteiger partial charge in [-0.2, -0.15) is 0 Å². The van der Waals surface area contributed by atoms with Crippen LogP contribution in [-0.4, -0.2) is 39.6 Å². The van der Waals surface area contributed by atoms with Gasteiger partial charge in [0.2, 0.25) is 0 Å². The third-order valence-corrected chi connectivity index (χ3v) is 4.76. The molecule has 1 heterocycles. The van der Waals surface area contributed by atoms with E-state index < -0.39 is 28.5 Å². The number of benzene rings is 2. The van der Waals surface area contributed by atoms with Gasteiger partial charge in [0.25, 0.3) is 11.6 Å². The number of carboxylic acids is 1. The van der Waals surface area contributed by atoms with Gasteiger partial charge in [0.1, 0.15) is 11.3 Å². The minimum absolute atomic E-state index is 0.00277. The normalized spacial score (nSPS) is 14.8. The van der Waals surface area contributed by atoms with Crippen LogP contribution in [0.25, 0.3) is 6.08 Å². The van der Waals surface area contributed by atoms with E-state index in [1.807, 2.05) is 0 Å². The quantitative estimate of drug-likeness (QED) is 0.302. The standard InChI is InChI=1S/C22H18N2O8/c1-3-32-22(29)19-12(2)23(15-8-9-16(21(27)28)18(25)11-15)20(26)17(19)10-13-4-6-14(7-5-13)24(30)31/h4-11,25H,3H2,1-2H3,(H,27,28)/b17-10-. The number of allylic oxidation sites excluding steroid dienone is 1. The van der Waals surface area contributed by atoms with Crippen LogP contribution in [0.2, 0.25) is 0 Å². The molecule has 3 rings (SSSR count). The highest BCUT2D eigenvalue weighted by Gasteiger charge is 2.38. The molecular weight excluding hydrogens is 420 g/mol. The molecule has 0 radical (unpaired) electrons. The van der Waals surface area contributed by atoms with Gasteiger partial charge in [-0.15, -0.1) is 0 Å². The summed E-state index contributed by atoms with van der Waals surface area (Å²) in [6.45, 7) is 3.20. The van der Waals surface area contributed by atoms with Gasteiger partial charge in [0.05, 0.1) is 28.4 Å². The van der Waals surface area contributed by atoms with E-state index in [0.29, 0.717) is 5.56 Å². The molecule has 0 spiro atoms. The number of hydrogen-bond acceptors (Lipinski definition) is 7. The largest absolute Gasteiger partial charge is 0.507 e. The Labute approximate surface area is 181 Å². The van der Waals surface area contributed by atoms with Crippen LogP contribution in [0.1, 0.15) is 29.8 Å². The Bertz CT molecular complexity index is 1190. The maximum Gasteiger partial charge on any atom is 0.340 e. The first-order valence-electron chi connectivity index (χ1n) is 9.41. The molecular formula is C22H18N2O8. The van der Waals surface area contributed by atoms with Crippen LogP contribution in [0, 0.1) is 10.1 Å². The van der Waals surface area contributed by atoms with E-state index in [-0.39, 0.29) is 40.4 Å². The van der Waals surface area contributed by atoms with Gasteiger partial charge in [-0.25, -0.2) is 9.59 Å². The van der Waals surface area contributed by atoms with Crippen molar-refractivity contribution in [2.75, 3.05) is 11.5 Å². The van der Waals surface area contributed by atoms with Crippen molar-refractivity contribution in [1.29, 1.82) is 0 Å². The van der Waals surface area contributed by atoms with Crippen molar-refractivity contribution < 1.29 is 34.3 Å². The van der Waals surface area contributed by atoms with Crippen molar-refractivity contribution in [3.8, 4) is 5.75 Å². The lowest BCUT2D eigenvalue weighted by atomic mass is 10.0. The summed E-state index contributed by atoms with van der Waals surface area (Å²) < 4.78 is 5.09. The number of aromatic carboxylic acids is 1. The van der Waals surface area contributed by atoms with Crippen molar-refractivity contribution in [2.45, 2.75) is 13.8 Å². The first kappa shape index (κ1) is 22.2. The number of ether oxygens (including phenoxy) is 1. The number of carboxylic acid groups (broad SMARTS) is 1. The fourth-order valence-electron chi connectivity index (χ4n) is 3.29. The third kappa shape index (κ3) is 4.06. The van der Waals surface area contributed by atoms with Gasteiger partial charge in [-0.3, -0.25) is 19.8 Å². The summed E-state index contributed by atoms with van der Waals surface area (Å²) in [7, 11) is 0. The topological polar surface area (TPSA) is 147 Å². The number of anilines is 1. The molecule has 164 valence electrons. The van der Waals surface area contributed by atoms with E-state index >= 15 is 0 Å². The van der Waals surface area contributed by atoms with E-state index in [9.17, 15) is 29.6 Å². The Hall–Kier alpha value is -4.47. The van der Waals surface area contributed by atoms with E-state index in [2.05, 4.69) is 0 Å². The molecule has 10 heteroatoms. The Morgan fingerprint density at radius 2 is 1.84 bits per heavy atom. The summed E-state index contributed by atoms with van der Waals surface area (Å²) in [5.74, 6) is -3.21. The Morgan fingerprint density at radius 1 is 1.19 bits per heavy atom. The molecule has 0 aromatic heterocycles. The first-order valence-corrected chi connectivity index (χ1v) is 9.41. The molecule has 0 saturated carbocycles. The second-order valence-electron chi connectivity index (χ2n) is 6.73. The number of phenols is 1. The lowest BCUT2D eigenvalue weighted by Gasteiger charge is -2.18. The lowest BCUT2D eigenvalue weighted by Crippen LogP contribution is -2.24. The number of hydrogen-bond donors (Lipinski definition) is 2. The maximum absolute atomic E-state index is 13.2. The summed E-state index contributed by atoms with van der Waals surface area (Å²) in [5.41, 5.74) is 0.355. The van der Waals surface area contributed by atoms with Crippen LogP contribution >= 0.6 is 0 Å². The zero-order valence-electron chi connectivity index (χ0n) is 17.1. The number of amides is 1. The minimum Gasteiger partial charge on any atom is -0.507 e. The van der Waals surface area contributed by atoms with Crippen molar-refractivity contribution in [1.82, 2.24) is 0 Å². The molecule has 2 aromatic rings. The summed E-state index contributed by atoms with van der Waals surface area (Å²) in [5, 5.41) is 30.0. The van der Waals surface area contributed by atoms with Gasteiger partial charge < -0.3 is 14.9 Å². The molecule has 0 unspecified atom stereocenters.